The summed E-state index contributed by atoms with van der Waals surface area (Å²) in [5.74, 6) is -0.524. The Morgan fingerprint density at radius 2 is 1.74 bits per heavy atom. The summed E-state index contributed by atoms with van der Waals surface area (Å²) in [7, 11) is -3.62. The van der Waals surface area contributed by atoms with E-state index in [4.69, 9.17) is 4.74 Å². The van der Waals surface area contributed by atoms with Gasteiger partial charge in [-0.05, 0) is 103 Å². The van der Waals surface area contributed by atoms with Crippen molar-refractivity contribution in [1.82, 2.24) is 14.9 Å². The van der Waals surface area contributed by atoms with E-state index in [1.54, 1.807) is 37.8 Å². The number of alkyl halides is 3. The lowest BCUT2D eigenvalue weighted by Gasteiger charge is -2.51. The summed E-state index contributed by atoms with van der Waals surface area (Å²) >= 11 is 0. The van der Waals surface area contributed by atoms with Crippen molar-refractivity contribution >= 4 is 33.4 Å². The van der Waals surface area contributed by atoms with Gasteiger partial charge in [-0.15, -0.1) is 0 Å². The van der Waals surface area contributed by atoms with Crippen molar-refractivity contribution in [2.24, 2.45) is 11.3 Å². The van der Waals surface area contributed by atoms with Crippen LogP contribution in [0.3, 0.4) is 0 Å². The molecule has 0 bridgehead atoms. The first-order valence-electron chi connectivity index (χ1n) is 15.7. The fraction of sp³-hybridized carbons (Fsp3) is 0.656. The number of aliphatic hydroxyl groups is 1. The van der Waals surface area contributed by atoms with Gasteiger partial charge in [0, 0.05) is 44.0 Å². The highest BCUT2D eigenvalue weighted by Gasteiger charge is 2.51. The summed E-state index contributed by atoms with van der Waals surface area (Å²) in [5, 5.41) is 12.8. The van der Waals surface area contributed by atoms with Gasteiger partial charge in [-0.1, -0.05) is 0 Å². The Balaban J connectivity index is 1.25. The minimum absolute atomic E-state index is 0.0490. The van der Waals surface area contributed by atoms with E-state index < -0.39 is 38.0 Å². The molecule has 1 saturated carbocycles. The lowest BCUT2D eigenvalue weighted by molar-refractivity contribution is -0.137. The molecule has 0 radical (unpaired) electrons. The summed E-state index contributed by atoms with van der Waals surface area (Å²) < 4.78 is 74.2. The van der Waals surface area contributed by atoms with Gasteiger partial charge < -0.3 is 25.0 Å². The van der Waals surface area contributed by atoms with Gasteiger partial charge in [-0.25, -0.2) is 18.2 Å². The number of hydrogen-bond acceptors (Lipinski definition) is 9. The third kappa shape index (κ3) is 7.22. The van der Waals surface area contributed by atoms with Crippen LogP contribution in [0.1, 0.15) is 77.8 Å². The summed E-state index contributed by atoms with van der Waals surface area (Å²) in [6.07, 6.45) is -1.22. The van der Waals surface area contributed by atoms with E-state index in [2.05, 4.69) is 15.3 Å². The first kappa shape index (κ1) is 34.2. The average molecular weight is 668 g/mol. The van der Waals surface area contributed by atoms with E-state index in [0.29, 0.717) is 50.1 Å². The van der Waals surface area contributed by atoms with Crippen molar-refractivity contribution in [3.63, 3.8) is 0 Å². The number of nitrogens with one attached hydrogen (secondary N) is 1. The third-order valence-corrected chi connectivity index (χ3v) is 11.7. The first-order valence-corrected chi connectivity index (χ1v) is 17.2. The molecule has 3 heterocycles. The Hall–Kier alpha value is -3.13. The van der Waals surface area contributed by atoms with E-state index in [0.717, 1.165) is 19.0 Å². The Morgan fingerprint density at radius 3 is 2.28 bits per heavy atom. The van der Waals surface area contributed by atoms with E-state index in [1.165, 1.54) is 11.0 Å². The average Bonchev–Trinajstić information content (AvgIpc) is 3.42. The molecule has 2 saturated heterocycles. The van der Waals surface area contributed by atoms with Crippen LogP contribution >= 0.6 is 0 Å². The Morgan fingerprint density at radius 1 is 1.09 bits per heavy atom. The number of ether oxygens (including phenoxy) is 1. The number of carbonyl (C=O) groups excluding carboxylic acids is 1. The Labute approximate surface area is 268 Å². The summed E-state index contributed by atoms with van der Waals surface area (Å²) in [4.78, 5) is 24.0. The zero-order chi connectivity index (χ0) is 33.9. The summed E-state index contributed by atoms with van der Waals surface area (Å²) in [6.45, 7) is 12.1. The number of hydrogen-bond donors (Lipinski definition) is 2. The molecule has 1 aromatic heterocycles. The Kier molecular flexibility index (Phi) is 8.80. The molecule has 3 aliphatic rings. The second kappa shape index (κ2) is 11.8. The number of rotatable bonds is 6. The molecule has 2 N–H and O–H groups in total. The van der Waals surface area contributed by atoms with Crippen LogP contribution in [0.2, 0.25) is 0 Å². The second-order valence-corrected chi connectivity index (χ2v) is 16.9. The maximum Gasteiger partial charge on any atom is 0.421 e. The number of aromatic nitrogens is 2. The highest BCUT2D eigenvalue weighted by Crippen LogP contribution is 2.53. The molecule has 1 amide bonds. The van der Waals surface area contributed by atoms with Crippen LogP contribution in [-0.4, -0.2) is 77.1 Å². The van der Waals surface area contributed by atoms with Crippen LogP contribution < -0.4 is 10.2 Å². The fourth-order valence-electron chi connectivity index (χ4n) is 6.69. The van der Waals surface area contributed by atoms with Crippen LogP contribution in [0.5, 0.6) is 0 Å². The van der Waals surface area contributed by atoms with Crippen molar-refractivity contribution in [3.8, 4) is 0 Å². The summed E-state index contributed by atoms with van der Waals surface area (Å²) in [6, 6.07) is 4.64. The van der Waals surface area contributed by atoms with E-state index in [-0.39, 0.29) is 40.6 Å². The van der Waals surface area contributed by atoms with Gasteiger partial charge in [-0.2, -0.15) is 18.2 Å². The lowest BCUT2D eigenvalue weighted by Crippen LogP contribution is -2.53. The number of benzene rings is 1. The highest BCUT2D eigenvalue weighted by atomic mass is 32.2. The topological polar surface area (TPSA) is 125 Å². The number of piperidine rings is 1. The van der Waals surface area contributed by atoms with Gasteiger partial charge in [0.1, 0.15) is 17.0 Å². The molecule has 1 spiro atoms. The number of amides is 1. The van der Waals surface area contributed by atoms with Crippen molar-refractivity contribution in [3.05, 3.63) is 35.5 Å². The van der Waals surface area contributed by atoms with Gasteiger partial charge in [0.25, 0.3) is 0 Å². The standard InChI is InChI=1S/C32H44F3N5O5S/c1-20-15-22(46(43,44)23-16-31(17-23)10-13-39(14-11-31)28(41)45-29(2,3)4)7-8-25(20)37-27-36-18-24(32(33,34)35)26(38-27)40-12-9-21(19-40)30(5,6)42/h7-8,15,18,21,23,42H,9-14,16-17,19H2,1-6H3,(H,36,37,38)/t21-/m1/s1. The predicted octanol–water partition coefficient (Wildman–Crippen LogP) is 6.10. The number of halogens is 3. The van der Waals surface area contributed by atoms with Gasteiger partial charge in [0.2, 0.25) is 5.95 Å². The molecule has 2 aromatic rings. The number of likely N-dealkylation sites (tertiary alicyclic amines) is 1. The normalized spacial score (nSPS) is 21.0. The molecule has 1 aromatic carbocycles. The fourth-order valence-corrected chi connectivity index (χ4v) is 8.82. The van der Waals surface area contributed by atoms with Crippen LogP contribution in [0.15, 0.2) is 29.3 Å². The molecule has 14 heteroatoms. The van der Waals surface area contributed by atoms with Crippen molar-refractivity contribution in [2.45, 2.75) is 101 Å². The third-order valence-electron chi connectivity index (χ3n) is 9.57. The van der Waals surface area contributed by atoms with Crippen LogP contribution in [0.25, 0.3) is 0 Å². The largest absolute Gasteiger partial charge is 0.444 e. The van der Waals surface area contributed by atoms with Gasteiger partial charge in [0.05, 0.1) is 15.7 Å². The molecule has 3 fully saturated rings. The highest BCUT2D eigenvalue weighted by molar-refractivity contribution is 7.92. The number of sulfone groups is 1. The number of nitrogens with zero attached hydrogens (tertiary/aromatic N) is 4. The molecule has 1 aliphatic carbocycles. The molecular formula is C32H44F3N5O5S. The smallest absolute Gasteiger partial charge is 0.421 e. The molecule has 2 aliphatic heterocycles. The van der Waals surface area contributed by atoms with Crippen molar-refractivity contribution < 1.29 is 36.2 Å². The first-order chi connectivity index (χ1) is 21.2. The Bertz CT molecular complexity index is 1570. The molecule has 0 unspecified atom stereocenters. The maximum absolute atomic E-state index is 13.9. The van der Waals surface area contributed by atoms with Gasteiger partial charge >= 0.3 is 12.3 Å². The van der Waals surface area contributed by atoms with Gasteiger partial charge in [0.15, 0.2) is 9.84 Å². The molecule has 10 nitrogen and oxygen atoms in total. The quantitative estimate of drug-likeness (QED) is 0.376. The maximum atomic E-state index is 13.9. The van der Waals surface area contributed by atoms with E-state index >= 15 is 0 Å². The minimum atomic E-state index is -4.66. The molecule has 254 valence electrons. The van der Waals surface area contributed by atoms with Crippen molar-refractivity contribution in [1.29, 1.82) is 0 Å². The predicted molar refractivity (Wildman–Crippen MR) is 168 cm³/mol. The van der Waals surface area contributed by atoms with E-state index in [1.807, 2.05) is 20.8 Å². The monoisotopic (exact) mass is 667 g/mol. The van der Waals surface area contributed by atoms with Crippen LogP contribution in [0.4, 0.5) is 35.4 Å². The van der Waals surface area contributed by atoms with Crippen LogP contribution in [0, 0.1) is 18.3 Å². The second-order valence-electron chi connectivity index (χ2n) is 14.7. The zero-order valence-electron chi connectivity index (χ0n) is 27.2. The van der Waals surface area contributed by atoms with Gasteiger partial charge in [-0.3, -0.25) is 0 Å². The molecule has 1 atom stereocenters. The zero-order valence-corrected chi connectivity index (χ0v) is 28.1. The number of carbonyl (C=O) groups is 1. The minimum Gasteiger partial charge on any atom is -0.444 e. The lowest BCUT2D eigenvalue weighted by atomic mass is 9.63. The van der Waals surface area contributed by atoms with Crippen LogP contribution in [-0.2, 0) is 20.8 Å². The number of aryl methyl sites for hydroxylation is 1. The van der Waals surface area contributed by atoms with E-state index in [9.17, 15) is 31.5 Å². The molecular weight excluding hydrogens is 623 g/mol. The van der Waals surface area contributed by atoms with Crippen molar-refractivity contribution in [2.75, 3.05) is 36.4 Å². The summed E-state index contributed by atoms with van der Waals surface area (Å²) in [5.41, 5.74) is -1.63. The molecule has 46 heavy (non-hydrogen) atoms. The molecule has 5 rings (SSSR count). The SMILES string of the molecule is Cc1cc(S(=O)(=O)C2CC3(CCN(C(=O)OC(C)(C)C)CC3)C2)ccc1Nc1ncc(C(F)(F)F)c(N2CC[C@@H](C(C)(C)O)C2)n1. The number of anilines is 3.